The van der Waals surface area contributed by atoms with Gasteiger partial charge in [-0.3, -0.25) is 34.9 Å². The third-order valence-corrected chi connectivity index (χ3v) is 6.19. The summed E-state index contributed by atoms with van der Waals surface area (Å²) < 4.78 is 12.0. The molecule has 1 aliphatic heterocycles. The SMILES string of the molecule is O=C(c1cc([N+](=O)[O-])cc([N+](=O)[O-])c1)N(Cc1cccnc1)c1nc2cc3c(cc2s1)OCCO3. The second-order valence-electron chi connectivity index (χ2n) is 7.46. The second kappa shape index (κ2) is 8.95. The highest BCUT2D eigenvalue weighted by molar-refractivity contribution is 7.22. The molecule has 0 saturated carbocycles. The van der Waals surface area contributed by atoms with E-state index < -0.39 is 27.1 Å². The van der Waals surface area contributed by atoms with Crippen LogP contribution in [0, 0.1) is 20.2 Å². The van der Waals surface area contributed by atoms with Gasteiger partial charge in [0.2, 0.25) is 0 Å². The van der Waals surface area contributed by atoms with Crippen molar-refractivity contribution in [1.29, 1.82) is 0 Å². The predicted molar refractivity (Wildman–Crippen MR) is 125 cm³/mol. The lowest BCUT2D eigenvalue weighted by molar-refractivity contribution is -0.394. The molecule has 3 heterocycles. The summed E-state index contributed by atoms with van der Waals surface area (Å²) >= 11 is 1.21. The Labute approximate surface area is 200 Å². The molecule has 2 aromatic carbocycles. The summed E-state index contributed by atoms with van der Waals surface area (Å²) in [5.74, 6) is 0.426. The third kappa shape index (κ3) is 4.44. The van der Waals surface area contributed by atoms with E-state index in [1.54, 1.807) is 36.7 Å². The van der Waals surface area contributed by atoms with Gasteiger partial charge in [0.05, 0.1) is 38.2 Å². The molecule has 0 fully saturated rings. The monoisotopic (exact) mass is 493 g/mol. The van der Waals surface area contributed by atoms with Crippen LogP contribution >= 0.6 is 11.3 Å². The summed E-state index contributed by atoms with van der Waals surface area (Å²) in [6.07, 6.45) is 3.16. The summed E-state index contributed by atoms with van der Waals surface area (Å²) in [6.45, 7) is 0.865. The lowest BCUT2D eigenvalue weighted by atomic mass is 10.1. The normalized spacial score (nSPS) is 12.3. The van der Waals surface area contributed by atoms with Crippen molar-refractivity contribution in [3.63, 3.8) is 0 Å². The number of pyridine rings is 1. The Morgan fingerprint density at radius 3 is 2.34 bits per heavy atom. The van der Waals surface area contributed by atoms with Gasteiger partial charge in [-0.2, -0.15) is 0 Å². The Hall–Kier alpha value is -4.65. The van der Waals surface area contributed by atoms with Crippen molar-refractivity contribution in [2.45, 2.75) is 6.54 Å². The number of hydrogen-bond donors (Lipinski definition) is 0. The molecule has 5 rings (SSSR count). The zero-order valence-corrected chi connectivity index (χ0v) is 18.6. The van der Waals surface area contributed by atoms with E-state index in [9.17, 15) is 25.0 Å². The summed E-state index contributed by atoms with van der Waals surface area (Å²) in [6, 6.07) is 9.79. The van der Waals surface area contributed by atoms with E-state index in [1.165, 1.54) is 16.2 Å². The number of carbonyl (C=O) groups excluding carboxylic acids is 1. The molecule has 0 unspecified atom stereocenters. The first-order valence-electron chi connectivity index (χ1n) is 10.2. The van der Waals surface area contributed by atoms with Crippen molar-refractivity contribution < 1.29 is 24.1 Å². The van der Waals surface area contributed by atoms with Crippen molar-refractivity contribution in [2.75, 3.05) is 18.1 Å². The fourth-order valence-corrected chi connectivity index (χ4v) is 4.53. The molecule has 0 saturated heterocycles. The van der Waals surface area contributed by atoms with Crippen molar-refractivity contribution in [3.8, 4) is 11.5 Å². The zero-order valence-electron chi connectivity index (χ0n) is 17.8. The molecule has 0 radical (unpaired) electrons. The maximum absolute atomic E-state index is 13.6. The summed E-state index contributed by atoms with van der Waals surface area (Å²) in [7, 11) is 0. The van der Waals surface area contributed by atoms with Gasteiger partial charge in [0.1, 0.15) is 13.2 Å². The minimum atomic E-state index is -0.780. The fraction of sp³-hybridized carbons (Fsp3) is 0.136. The van der Waals surface area contributed by atoms with E-state index in [0.29, 0.717) is 40.9 Å². The van der Waals surface area contributed by atoms with Crippen LogP contribution in [0.5, 0.6) is 11.5 Å². The Bertz CT molecular complexity index is 1400. The van der Waals surface area contributed by atoms with Gasteiger partial charge in [0.15, 0.2) is 16.6 Å². The standard InChI is InChI=1S/C22H15N5O7S/c28-21(14-6-15(26(29)30)8-16(7-14)27(31)32)25(12-13-2-1-3-23-11-13)22-24-17-9-18-19(10-20(17)35-22)34-5-4-33-18/h1-3,6-11H,4-5,12H2. The highest BCUT2D eigenvalue weighted by Gasteiger charge is 2.27. The van der Waals surface area contributed by atoms with Gasteiger partial charge in [-0.15, -0.1) is 0 Å². The largest absolute Gasteiger partial charge is 0.486 e. The minimum Gasteiger partial charge on any atom is -0.486 e. The number of hydrogen-bond acceptors (Lipinski definition) is 10. The molecule has 35 heavy (non-hydrogen) atoms. The Morgan fingerprint density at radius 2 is 1.71 bits per heavy atom. The topological polar surface area (TPSA) is 151 Å². The molecule has 1 aliphatic rings. The molecule has 0 spiro atoms. The van der Waals surface area contributed by atoms with Crippen LogP contribution in [0.15, 0.2) is 54.9 Å². The molecule has 4 aromatic rings. The molecule has 0 aliphatic carbocycles. The van der Waals surface area contributed by atoms with Crippen LogP contribution in [-0.4, -0.2) is 38.9 Å². The van der Waals surface area contributed by atoms with Crippen LogP contribution < -0.4 is 14.4 Å². The first-order chi connectivity index (χ1) is 16.9. The van der Waals surface area contributed by atoms with E-state index in [4.69, 9.17) is 9.47 Å². The van der Waals surface area contributed by atoms with Crippen LogP contribution in [0.3, 0.4) is 0 Å². The number of fused-ring (bicyclic) bond motifs is 2. The quantitative estimate of drug-likeness (QED) is 0.285. The number of rotatable bonds is 6. The van der Waals surface area contributed by atoms with Crippen molar-refractivity contribution in [1.82, 2.24) is 9.97 Å². The first kappa shape index (κ1) is 22.2. The lowest BCUT2D eigenvalue weighted by Crippen LogP contribution is -2.30. The van der Waals surface area contributed by atoms with Gasteiger partial charge in [-0.05, 0) is 11.6 Å². The van der Waals surface area contributed by atoms with Gasteiger partial charge in [-0.25, -0.2) is 4.98 Å². The second-order valence-corrected chi connectivity index (χ2v) is 8.47. The number of nitro groups is 2. The molecular weight excluding hydrogens is 478 g/mol. The number of carbonyl (C=O) groups is 1. The molecule has 0 N–H and O–H groups in total. The number of amides is 1. The van der Waals surface area contributed by atoms with E-state index in [1.807, 2.05) is 0 Å². The van der Waals surface area contributed by atoms with E-state index in [-0.39, 0.29) is 12.1 Å². The smallest absolute Gasteiger partial charge is 0.277 e. The van der Waals surface area contributed by atoms with Crippen LogP contribution in [0.2, 0.25) is 0 Å². The maximum Gasteiger partial charge on any atom is 0.277 e. The molecule has 1 amide bonds. The minimum absolute atomic E-state index is 0.0374. The molecule has 0 bridgehead atoms. The van der Waals surface area contributed by atoms with E-state index >= 15 is 0 Å². The van der Waals surface area contributed by atoms with Crippen molar-refractivity contribution in [2.24, 2.45) is 0 Å². The van der Waals surface area contributed by atoms with Gasteiger partial charge >= 0.3 is 0 Å². The summed E-state index contributed by atoms with van der Waals surface area (Å²) in [5, 5.41) is 23.0. The zero-order chi connectivity index (χ0) is 24.5. The van der Waals surface area contributed by atoms with Crippen LogP contribution in [-0.2, 0) is 6.54 Å². The van der Waals surface area contributed by atoms with Crippen LogP contribution in [0.1, 0.15) is 15.9 Å². The number of ether oxygens (including phenoxy) is 2. The summed E-state index contributed by atoms with van der Waals surface area (Å²) in [5.41, 5.74) is -0.0837. The van der Waals surface area contributed by atoms with Crippen molar-refractivity contribution in [3.05, 3.63) is 86.2 Å². The Balaban J connectivity index is 1.61. The fourth-order valence-electron chi connectivity index (χ4n) is 3.55. The number of nitro benzene ring substituents is 2. The molecule has 2 aromatic heterocycles. The number of thiazole rings is 1. The highest BCUT2D eigenvalue weighted by atomic mass is 32.1. The van der Waals surface area contributed by atoms with Gasteiger partial charge in [0, 0.05) is 36.7 Å². The number of benzene rings is 2. The maximum atomic E-state index is 13.6. The number of anilines is 1. The van der Waals surface area contributed by atoms with Gasteiger partial charge in [-0.1, -0.05) is 17.4 Å². The van der Waals surface area contributed by atoms with Crippen LogP contribution in [0.4, 0.5) is 16.5 Å². The number of non-ortho nitro benzene ring substituents is 2. The van der Waals surface area contributed by atoms with Gasteiger partial charge < -0.3 is 9.47 Å². The van der Waals surface area contributed by atoms with Crippen molar-refractivity contribution >= 4 is 44.0 Å². The Morgan fingerprint density at radius 1 is 1.03 bits per heavy atom. The molecule has 13 heteroatoms. The first-order valence-corrected chi connectivity index (χ1v) is 11.1. The number of aromatic nitrogens is 2. The average molecular weight is 493 g/mol. The van der Waals surface area contributed by atoms with Crippen LogP contribution in [0.25, 0.3) is 10.2 Å². The molecule has 176 valence electrons. The number of nitrogens with zero attached hydrogens (tertiary/aromatic N) is 5. The average Bonchev–Trinajstić information content (AvgIpc) is 3.28. The molecule has 0 atom stereocenters. The third-order valence-electron chi connectivity index (χ3n) is 5.15. The lowest BCUT2D eigenvalue weighted by Gasteiger charge is -2.20. The molecule has 12 nitrogen and oxygen atoms in total. The van der Waals surface area contributed by atoms with E-state index in [0.717, 1.165) is 22.9 Å². The molecular formula is C22H15N5O7S. The Kier molecular flexibility index (Phi) is 5.66. The summed E-state index contributed by atoms with van der Waals surface area (Å²) in [4.78, 5) is 44.7. The van der Waals surface area contributed by atoms with E-state index in [2.05, 4.69) is 9.97 Å². The predicted octanol–water partition coefficient (Wildman–Crippen LogP) is 4.13. The highest BCUT2D eigenvalue weighted by Crippen LogP contribution is 2.39. The van der Waals surface area contributed by atoms with Gasteiger partial charge in [0.25, 0.3) is 17.3 Å².